The Morgan fingerprint density at radius 3 is 2.92 bits per heavy atom. The maximum absolute atomic E-state index is 5.33. The molecule has 2 heteroatoms. The third-order valence-corrected chi connectivity index (χ3v) is 2.07. The van der Waals surface area contributed by atoms with E-state index < -0.39 is 0 Å². The molecule has 2 aromatic heterocycles. The van der Waals surface area contributed by atoms with Crippen LogP contribution in [0.3, 0.4) is 0 Å². The van der Waals surface area contributed by atoms with Gasteiger partial charge in [0.2, 0.25) is 0 Å². The summed E-state index contributed by atoms with van der Waals surface area (Å²) in [5, 5.41) is 0. The van der Waals surface area contributed by atoms with Crippen LogP contribution in [-0.4, -0.2) is 4.57 Å². The van der Waals surface area contributed by atoms with E-state index in [1.54, 1.807) is 12.5 Å². The van der Waals surface area contributed by atoms with E-state index in [1.807, 2.05) is 29.0 Å². The Bertz CT molecular complexity index is 409. The molecule has 0 aliphatic heterocycles. The largest absolute Gasteiger partial charge is 0.463 e. The van der Waals surface area contributed by atoms with Gasteiger partial charge in [-0.15, -0.1) is 0 Å². The van der Waals surface area contributed by atoms with E-state index in [0.29, 0.717) is 0 Å². The second kappa shape index (κ2) is 2.98. The predicted molar refractivity (Wildman–Crippen MR) is 53.3 cm³/mol. The zero-order chi connectivity index (χ0) is 9.26. The van der Waals surface area contributed by atoms with Gasteiger partial charge in [-0.2, -0.15) is 0 Å². The second-order valence-electron chi connectivity index (χ2n) is 2.91. The van der Waals surface area contributed by atoms with Gasteiger partial charge in [0, 0.05) is 12.4 Å². The molecule has 0 fully saturated rings. The maximum Gasteiger partial charge on any atom is 0.150 e. The van der Waals surface area contributed by atoms with E-state index in [-0.39, 0.29) is 0 Å². The summed E-state index contributed by atoms with van der Waals surface area (Å²) in [4.78, 5) is 0. The minimum Gasteiger partial charge on any atom is -0.463 e. The van der Waals surface area contributed by atoms with Crippen LogP contribution in [0.2, 0.25) is 0 Å². The highest BCUT2D eigenvalue weighted by atomic mass is 16.3. The van der Waals surface area contributed by atoms with Gasteiger partial charge >= 0.3 is 0 Å². The van der Waals surface area contributed by atoms with Crippen LogP contribution >= 0.6 is 0 Å². The van der Waals surface area contributed by atoms with Gasteiger partial charge in [-0.3, -0.25) is 0 Å². The van der Waals surface area contributed by atoms with Crippen LogP contribution in [0.1, 0.15) is 5.56 Å². The monoisotopic (exact) mass is 173 g/mol. The summed E-state index contributed by atoms with van der Waals surface area (Å²) in [5.41, 5.74) is 2.26. The summed E-state index contributed by atoms with van der Waals surface area (Å²) >= 11 is 0. The second-order valence-corrected chi connectivity index (χ2v) is 2.91. The first kappa shape index (κ1) is 7.92. The number of aryl methyl sites for hydroxylation is 1. The van der Waals surface area contributed by atoms with Gasteiger partial charge < -0.3 is 8.98 Å². The Labute approximate surface area is 77.1 Å². The molecular formula is C11H11NO. The molecule has 0 aliphatic carbocycles. The third kappa shape index (κ3) is 1.20. The lowest BCUT2D eigenvalue weighted by Crippen LogP contribution is -1.87. The Hall–Kier alpha value is -1.70. The molecule has 2 aromatic rings. The van der Waals surface area contributed by atoms with Gasteiger partial charge in [-0.25, -0.2) is 0 Å². The molecule has 0 unspecified atom stereocenters. The predicted octanol–water partition coefficient (Wildman–Crippen LogP) is 3.16. The van der Waals surface area contributed by atoms with Crippen molar-refractivity contribution in [3.05, 3.63) is 42.8 Å². The van der Waals surface area contributed by atoms with E-state index in [9.17, 15) is 0 Å². The molecule has 2 rings (SSSR count). The molecule has 0 aromatic carbocycles. The number of hydrogen-bond donors (Lipinski definition) is 0. The first-order chi connectivity index (χ1) is 6.33. The summed E-state index contributed by atoms with van der Waals surface area (Å²) in [7, 11) is 0. The van der Waals surface area contributed by atoms with Crippen LogP contribution in [0.4, 0.5) is 0 Å². The molecule has 0 atom stereocenters. The number of rotatable bonds is 2. The normalized spacial score (nSPS) is 10.2. The van der Waals surface area contributed by atoms with Crippen molar-refractivity contribution in [3.63, 3.8) is 0 Å². The standard InChI is InChI=1S/C11H11NO/c1-3-12-7-6-9(2)11(12)10-5-4-8-13-10/h3-8H,1H2,2H3. The van der Waals surface area contributed by atoms with Crippen molar-refractivity contribution < 1.29 is 4.42 Å². The van der Waals surface area contributed by atoms with E-state index in [0.717, 1.165) is 11.5 Å². The van der Waals surface area contributed by atoms with Gasteiger partial charge in [0.1, 0.15) is 0 Å². The molecular weight excluding hydrogens is 162 g/mol. The molecule has 0 radical (unpaired) electrons. The lowest BCUT2D eigenvalue weighted by Gasteiger charge is -2.01. The quantitative estimate of drug-likeness (QED) is 0.682. The van der Waals surface area contributed by atoms with Crippen molar-refractivity contribution in [2.45, 2.75) is 6.92 Å². The zero-order valence-electron chi connectivity index (χ0n) is 7.53. The van der Waals surface area contributed by atoms with E-state index in [2.05, 4.69) is 13.5 Å². The molecule has 66 valence electrons. The van der Waals surface area contributed by atoms with Gasteiger partial charge in [-0.1, -0.05) is 6.58 Å². The first-order valence-corrected chi connectivity index (χ1v) is 4.17. The van der Waals surface area contributed by atoms with Crippen molar-refractivity contribution in [2.24, 2.45) is 0 Å². The number of furan rings is 1. The minimum atomic E-state index is 0.877. The molecule has 13 heavy (non-hydrogen) atoms. The lowest BCUT2D eigenvalue weighted by molar-refractivity contribution is 0.578. The molecule has 0 aliphatic rings. The van der Waals surface area contributed by atoms with Crippen molar-refractivity contribution in [1.82, 2.24) is 4.57 Å². The van der Waals surface area contributed by atoms with Crippen LogP contribution in [0, 0.1) is 6.92 Å². The molecule has 0 N–H and O–H groups in total. The maximum atomic E-state index is 5.33. The van der Waals surface area contributed by atoms with E-state index >= 15 is 0 Å². The lowest BCUT2D eigenvalue weighted by atomic mass is 10.2. The summed E-state index contributed by atoms with van der Waals surface area (Å²) in [6.45, 7) is 5.79. The molecule has 0 saturated heterocycles. The van der Waals surface area contributed by atoms with Crippen molar-refractivity contribution in [2.75, 3.05) is 0 Å². The highest BCUT2D eigenvalue weighted by molar-refractivity contribution is 5.61. The fourth-order valence-corrected chi connectivity index (χ4v) is 1.44. The van der Waals surface area contributed by atoms with Crippen LogP contribution in [-0.2, 0) is 0 Å². The van der Waals surface area contributed by atoms with E-state index in [4.69, 9.17) is 4.42 Å². The third-order valence-electron chi connectivity index (χ3n) is 2.07. The number of nitrogens with zero attached hydrogens (tertiary/aromatic N) is 1. The number of hydrogen-bond acceptors (Lipinski definition) is 1. The summed E-state index contributed by atoms with van der Waals surface area (Å²) in [6, 6.07) is 5.87. The SMILES string of the molecule is C=Cn1ccc(C)c1-c1ccco1. The van der Waals surface area contributed by atoms with Crippen LogP contribution in [0.15, 0.2) is 41.7 Å². The molecule has 0 amide bonds. The Morgan fingerprint density at radius 1 is 1.46 bits per heavy atom. The van der Waals surface area contributed by atoms with Gasteiger partial charge in [0.05, 0.1) is 12.0 Å². The van der Waals surface area contributed by atoms with Crippen LogP contribution < -0.4 is 0 Å². The smallest absolute Gasteiger partial charge is 0.150 e. The molecule has 0 spiro atoms. The van der Waals surface area contributed by atoms with Crippen LogP contribution in [0.25, 0.3) is 17.7 Å². The van der Waals surface area contributed by atoms with E-state index in [1.165, 1.54) is 5.56 Å². The summed E-state index contributed by atoms with van der Waals surface area (Å²) < 4.78 is 7.29. The first-order valence-electron chi connectivity index (χ1n) is 4.17. The van der Waals surface area contributed by atoms with Crippen LogP contribution in [0.5, 0.6) is 0 Å². The Kier molecular flexibility index (Phi) is 1.81. The highest BCUT2D eigenvalue weighted by Crippen LogP contribution is 2.24. The molecule has 0 saturated carbocycles. The summed E-state index contributed by atoms with van der Waals surface area (Å²) in [6.07, 6.45) is 5.42. The Balaban J connectivity index is 2.62. The van der Waals surface area contributed by atoms with Crippen molar-refractivity contribution in [1.29, 1.82) is 0 Å². The van der Waals surface area contributed by atoms with Crippen molar-refractivity contribution in [3.8, 4) is 11.5 Å². The molecule has 2 nitrogen and oxygen atoms in total. The Morgan fingerprint density at radius 2 is 2.31 bits per heavy atom. The van der Waals surface area contributed by atoms with Gasteiger partial charge in [0.25, 0.3) is 0 Å². The fourth-order valence-electron chi connectivity index (χ4n) is 1.44. The average Bonchev–Trinajstić information content (AvgIpc) is 2.72. The molecule has 2 heterocycles. The molecule has 0 bridgehead atoms. The van der Waals surface area contributed by atoms with Gasteiger partial charge in [-0.05, 0) is 30.7 Å². The average molecular weight is 173 g/mol. The highest BCUT2D eigenvalue weighted by Gasteiger charge is 2.08. The zero-order valence-corrected chi connectivity index (χ0v) is 7.53. The number of aromatic nitrogens is 1. The minimum absolute atomic E-state index is 0.877. The van der Waals surface area contributed by atoms with Gasteiger partial charge in [0.15, 0.2) is 5.76 Å². The van der Waals surface area contributed by atoms with Crippen molar-refractivity contribution >= 4 is 6.20 Å². The topological polar surface area (TPSA) is 18.1 Å². The fraction of sp³-hybridized carbons (Fsp3) is 0.0909. The summed E-state index contributed by atoms with van der Waals surface area (Å²) in [5.74, 6) is 0.877.